The minimum absolute atomic E-state index is 0.0920. The standard InChI is InChI=1S/C7H10ClN3O2/c1-4(2)6-10-11-7(13-6)9-5(12)3-8/h4H,3H2,1-2H3,(H,9,11,12). The molecule has 13 heavy (non-hydrogen) atoms. The van der Waals surface area contributed by atoms with Crippen molar-refractivity contribution in [2.45, 2.75) is 19.8 Å². The lowest BCUT2D eigenvalue weighted by Gasteiger charge is -1.95. The SMILES string of the molecule is CC(C)c1nnc(NC(=O)CCl)o1. The molecule has 0 unspecified atom stereocenters. The Kier molecular flexibility index (Phi) is 3.25. The van der Waals surface area contributed by atoms with Crippen molar-refractivity contribution >= 4 is 23.5 Å². The first kappa shape index (κ1) is 9.98. The zero-order valence-electron chi connectivity index (χ0n) is 7.37. The van der Waals surface area contributed by atoms with E-state index in [0.29, 0.717) is 5.89 Å². The number of nitrogens with one attached hydrogen (secondary N) is 1. The number of nitrogens with zero attached hydrogens (tertiary/aromatic N) is 2. The molecule has 72 valence electrons. The number of carbonyl (C=O) groups excluding carboxylic acids is 1. The van der Waals surface area contributed by atoms with Crippen LogP contribution in [-0.2, 0) is 4.79 Å². The Morgan fingerprint density at radius 2 is 2.31 bits per heavy atom. The molecule has 1 N–H and O–H groups in total. The van der Waals surface area contributed by atoms with E-state index in [9.17, 15) is 4.79 Å². The van der Waals surface area contributed by atoms with Crippen molar-refractivity contribution in [3.8, 4) is 0 Å². The Balaban J connectivity index is 2.64. The molecule has 5 nitrogen and oxygen atoms in total. The molecule has 1 amide bonds. The zero-order chi connectivity index (χ0) is 9.84. The van der Waals surface area contributed by atoms with Crippen LogP contribution in [-0.4, -0.2) is 22.0 Å². The van der Waals surface area contributed by atoms with Gasteiger partial charge in [0.2, 0.25) is 11.8 Å². The molecule has 1 heterocycles. The van der Waals surface area contributed by atoms with E-state index in [1.165, 1.54) is 0 Å². The highest BCUT2D eigenvalue weighted by molar-refractivity contribution is 6.28. The van der Waals surface area contributed by atoms with Gasteiger partial charge in [-0.1, -0.05) is 18.9 Å². The van der Waals surface area contributed by atoms with E-state index in [4.69, 9.17) is 16.0 Å². The van der Waals surface area contributed by atoms with Crippen LogP contribution < -0.4 is 5.32 Å². The number of amides is 1. The molecule has 0 aliphatic rings. The number of carbonyl (C=O) groups is 1. The monoisotopic (exact) mass is 203 g/mol. The van der Waals surface area contributed by atoms with Gasteiger partial charge in [-0.15, -0.1) is 16.7 Å². The van der Waals surface area contributed by atoms with Crippen molar-refractivity contribution in [2.24, 2.45) is 0 Å². The first-order valence-electron chi connectivity index (χ1n) is 3.82. The van der Waals surface area contributed by atoms with Gasteiger partial charge in [-0.3, -0.25) is 10.1 Å². The van der Waals surface area contributed by atoms with E-state index in [1.54, 1.807) is 0 Å². The summed E-state index contributed by atoms with van der Waals surface area (Å²) < 4.78 is 5.10. The summed E-state index contributed by atoms with van der Waals surface area (Å²) in [5.41, 5.74) is 0. The Labute approximate surface area is 80.5 Å². The van der Waals surface area contributed by atoms with Crippen molar-refractivity contribution in [1.29, 1.82) is 0 Å². The second kappa shape index (κ2) is 4.23. The summed E-state index contributed by atoms with van der Waals surface area (Å²) in [6, 6.07) is 0.0920. The lowest BCUT2D eigenvalue weighted by molar-refractivity contribution is -0.114. The number of hydrogen-bond acceptors (Lipinski definition) is 4. The summed E-state index contributed by atoms with van der Waals surface area (Å²) in [5.74, 6) is 0.152. The average Bonchev–Trinajstić information content (AvgIpc) is 2.52. The van der Waals surface area contributed by atoms with E-state index in [1.807, 2.05) is 13.8 Å². The van der Waals surface area contributed by atoms with Gasteiger partial charge in [0.15, 0.2) is 0 Å². The molecule has 0 aliphatic carbocycles. The fourth-order valence-electron chi connectivity index (χ4n) is 0.671. The van der Waals surface area contributed by atoms with Crippen LogP contribution in [0.15, 0.2) is 4.42 Å². The molecule has 0 aliphatic heterocycles. The normalized spacial score (nSPS) is 10.5. The number of anilines is 1. The maximum Gasteiger partial charge on any atom is 0.322 e. The predicted molar refractivity (Wildman–Crippen MR) is 47.7 cm³/mol. The maximum atomic E-state index is 10.8. The van der Waals surface area contributed by atoms with Crippen LogP contribution in [0.4, 0.5) is 6.01 Å². The van der Waals surface area contributed by atoms with Crippen LogP contribution in [0.2, 0.25) is 0 Å². The quantitative estimate of drug-likeness (QED) is 0.754. The minimum Gasteiger partial charge on any atom is -0.408 e. The summed E-state index contributed by atoms with van der Waals surface area (Å²) in [4.78, 5) is 10.8. The van der Waals surface area contributed by atoms with E-state index in [2.05, 4.69) is 15.5 Å². The summed E-state index contributed by atoms with van der Waals surface area (Å²) in [5, 5.41) is 9.70. The van der Waals surface area contributed by atoms with Gasteiger partial charge in [0, 0.05) is 5.92 Å². The third-order valence-corrected chi connectivity index (χ3v) is 1.54. The Morgan fingerprint density at radius 3 is 2.77 bits per heavy atom. The number of halogens is 1. The van der Waals surface area contributed by atoms with Crippen LogP contribution in [0.25, 0.3) is 0 Å². The highest BCUT2D eigenvalue weighted by Crippen LogP contribution is 2.14. The third kappa shape index (κ3) is 2.69. The highest BCUT2D eigenvalue weighted by Gasteiger charge is 2.10. The van der Waals surface area contributed by atoms with Gasteiger partial charge in [0.05, 0.1) is 0 Å². The number of alkyl halides is 1. The molecular formula is C7H10ClN3O2. The van der Waals surface area contributed by atoms with Gasteiger partial charge in [-0.25, -0.2) is 0 Å². The maximum absolute atomic E-state index is 10.8. The second-order valence-electron chi connectivity index (χ2n) is 2.78. The van der Waals surface area contributed by atoms with Crippen molar-refractivity contribution in [2.75, 3.05) is 11.2 Å². The van der Waals surface area contributed by atoms with Crippen LogP contribution in [0.3, 0.4) is 0 Å². The summed E-state index contributed by atoms with van der Waals surface area (Å²) in [6.45, 7) is 3.83. The average molecular weight is 204 g/mol. The molecule has 0 radical (unpaired) electrons. The Morgan fingerprint density at radius 1 is 1.62 bits per heavy atom. The van der Waals surface area contributed by atoms with Gasteiger partial charge in [0.1, 0.15) is 5.88 Å². The molecule has 0 spiro atoms. The molecule has 0 saturated carbocycles. The molecule has 0 atom stereocenters. The molecular weight excluding hydrogens is 194 g/mol. The first-order valence-corrected chi connectivity index (χ1v) is 4.36. The van der Waals surface area contributed by atoms with Crippen molar-refractivity contribution in [3.05, 3.63) is 5.89 Å². The van der Waals surface area contributed by atoms with Crippen LogP contribution in [0.5, 0.6) is 0 Å². The van der Waals surface area contributed by atoms with Crippen LogP contribution in [0, 0.1) is 0 Å². The lowest BCUT2D eigenvalue weighted by Crippen LogP contribution is -2.12. The van der Waals surface area contributed by atoms with Gasteiger partial charge in [-0.2, -0.15) is 0 Å². The van der Waals surface area contributed by atoms with E-state index >= 15 is 0 Å². The van der Waals surface area contributed by atoms with Crippen LogP contribution >= 0.6 is 11.6 Å². The lowest BCUT2D eigenvalue weighted by atomic mass is 10.2. The minimum atomic E-state index is -0.361. The molecule has 0 bridgehead atoms. The third-order valence-electron chi connectivity index (χ3n) is 1.30. The second-order valence-corrected chi connectivity index (χ2v) is 3.05. The van der Waals surface area contributed by atoms with Crippen molar-refractivity contribution in [1.82, 2.24) is 10.2 Å². The summed E-state index contributed by atoms with van der Waals surface area (Å²) >= 11 is 5.27. The van der Waals surface area contributed by atoms with E-state index in [-0.39, 0.29) is 23.7 Å². The smallest absolute Gasteiger partial charge is 0.322 e. The van der Waals surface area contributed by atoms with Gasteiger partial charge in [0.25, 0.3) is 0 Å². The van der Waals surface area contributed by atoms with Gasteiger partial charge in [-0.05, 0) is 0 Å². The predicted octanol–water partition coefficient (Wildman–Crippen LogP) is 1.37. The molecule has 0 aromatic carbocycles. The van der Waals surface area contributed by atoms with Crippen molar-refractivity contribution < 1.29 is 9.21 Å². The highest BCUT2D eigenvalue weighted by atomic mass is 35.5. The Hall–Kier alpha value is -1.10. The fourth-order valence-corrected chi connectivity index (χ4v) is 0.738. The van der Waals surface area contributed by atoms with Gasteiger partial charge >= 0.3 is 6.01 Å². The first-order chi connectivity index (χ1) is 6.13. The summed E-state index contributed by atoms with van der Waals surface area (Å²) in [6.07, 6.45) is 0. The number of aromatic nitrogens is 2. The molecule has 1 aromatic rings. The topological polar surface area (TPSA) is 68.0 Å². The number of rotatable bonds is 3. The summed E-state index contributed by atoms with van der Waals surface area (Å²) in [7, 11) is 0. The molecule has 1 rings (SSSR count). The molecule has 0 saturated heterocycles. The fraction of sp³-hybridized carbons (Fsp3) is 0.571. The van der Waals surface area contributed by atoms with E-state index < -0.39 is 0 Å². The van der Waals surface area contributed by atoms with Crippen molar-refractivity contribution in [3.63, 3.8) is 0 Å². The Bertz CT molecular complexity index is 298. The number of hydrogen-bond donors (Lipinski definition) is 1. The van der Waals surface area contributed by atoms with Crippen LogP contribution in [0.1, 0.15) is 25.7 Å². The molecule has 6 heteroatoms. The molecule has 1 aromatic heterocycles. The molecule has 0 fully saturated rings. The zero-order valence-corrected chi connectivity index (χ0v) is 8.13. The van der Waals surface area contributed by atoms with Gasteiger partial charge < -0.3 is 4.42 Å². The largest absolute Gasteiger partial charge is 0.408 e. The van der Waals surface area contributed by atoms with E-state index in [0.717, 1.165) is 0 Å².